The Morgan fingerprint density at radius 1 is 1.00 bits per heavy atom. The molecule has 0 aromatic rings. The van der Waals surface area contributed by atoms with Crippen LogP contribution in [0.15, 0.2) is 12.2 Å². The Balaban J connectivity index is 2.06. The minimum atomic E-state index is -0.146. The highest BCUT2D eigenvalue weighted by Gasteiger charge is 2.34. The Hall–Kier alpha value is -1.12. The second-order valence-electron chi connectivity index (χ2n) is 6.84. The summed E-state index contributed by atoms with van der Waals surface area (Å²) in [6, 6.07) is 0. The summed E-state index contributed by atoms with van der Waals surface area (Å²) in [7, 11) is 0. The fraction of sp³-hybridized carbons (Fsp3) is 0.800. The number of carbonyl (C=O) groups is 2. The lowest BCUT2D eigenvalue weighted by Gasteiger charge is -2.14. The molecule has 0 aromatic heterocycles. The van der Waals surface area contributed by atoms with Gasteiger partial charge in [0.1, 0.15) is 0 Å². The van der Waals surface area contributed by atoms with Gasteiger partial charge in [-0.2, -0.15) is 0 Å². The van der Waals surface area contributed by atoms with Crippen LogP contribution < -0.4 is 5.32 Å². The number of hydrogen-bond acceptors (Lipinski definition) is 2. The van der Waals surface area contributed by atoms with Gasteiger partial charge in [-0.1, -0.05) is 77.4 Å². The van der Waals surface area contributed by atoms with Crippen LogP contribution in [0, 0.1) is 11.8 Å². The normalized spacial score (nSPS) is 19.5. The van der Waals surface area contributed by atoms with Gasteiger partial charge in [-0.25, -0.2) is 0 Å². The van der Waals surface area contributed by atoms with E-state index in [0.29, 0.717) is 6.42 Å². The summed E-state index contributed by atoms with van der Waals surface area (Å²) in [4.78, 5) is 23.0. The predicted molar refractivity (Wildman–Crippen MR) is 96.0 cm³/mol. The molecule has 1 aliphatic heterocycles. The molecule has 1 aliphatic rings. The van der Waals surface area contributed by atoms with E-state index in [0.717, 1.165) is 12.8 Å². The number of imide groups is 1. The molecule has 23 heavy (non-hydrogen) atoms. The molecule has 2 atom stereocenters. The van der Waals surface area contributed by atoms with Crippen LogP contribution in [0.2, 0.25) is 0 Å². The predicted octanol–water partition coefficient (Wildman–Crippen LogP) is 5.15. The SMILES string of the molecule is CCCCCCCCCCC/C=C/C(CC)C1CC(=O)NC1=O. The highest BCUT2D eigenvalue weighted by atomic mass is 16.2. The molecule has 1 rings (SSSR count). The van der Waals surface area contributed by atoms with Crippen LogP contribution in [-0.4, -0.2) is 11.8 Å². The Morgan fingerprint density at radius 3 is 2.13 bits per heavy atom. The van der Waals surface area contributed by atoms with Crippen LogP contribution >= 0.6 is 0 Å². The molecular weight excluding hydrogens is 286 g/mol. The molecule has 0 aliphatic carbocycles. The van der Waals surface area contributed by atoms with Crippen molar-refractivity contribution in [2.24, 2.45) is 11.8 Å². The van der Waals surface area contributed by atoms with Gasteiger partial charge in [0.2, 0.25) is 11.8 Å². The molecule has 1 saturated heterocycles. The van der Waals surface area contributed by atoms with Crippen LogP contribution in [0.25, 0.3) is 0 Å². The zero-order chi connectivity index (χ0) is 16.9. The monoisotopic (exact) mass is 321 g/mol. The van der Waals surface area contributed by atoms with E-state index in [9.17, 15) is 9.59 Å². The third kappa shape index (κ3) is 8.34. The molecule has 2 amide bonds. The second kappa shape index (κ2) is 12.3. The lowest BCUT2D eigenvalue weighted by Crippen LogP contribution is -2.25. The first-order valence-electron chi connectivity index (χ1n) is 9.69. The topological polar surface area (TPSA) is 46.2 Å². The summed E-state index contributed by atoms with van der Waals surface area (Å²) in [5.41, 5.74) is 0. The minimum absolute atomic E-state index is 0.0884. The summed E-state index contributed by atoms with van der Waals surface area (Å²) < 4.78 is 0. The zero-order valence-corrected chi connectivity index (χ0v) is 15.1. The van der Waals surface area contributed by atoms with Gasteiger partial charge in [0.05, 0.1) is 5.92 Å². The number of nitrogens with one attached hydrogen (secondary N) is 1. The Morgan fingerprint density at radius 2 is 1.61 bits per heavy atom. The van der Waals surface area contributed by atoms with Crippen molar-refractivity contribution in [3.63, 3.8) is 0 Å². The number of carbonyl (C=O) groups excluding carboxylic acids is 2. The Labute approximate surface area is 142 Å². The molecule has 2 unspecified atom stereocenters. The standard InChI is InChI=1S/C20H35NO2/c1-3-5-6-7-8-9-10-11-12-13-14-15-17(4-2)18-16-19(22)21-20(18)23/h14-15,17-18H,3-13,16H2,1-2H3,(H,21,22,23)/b15-14+. The van der Waals surface area contributed by atoms with E-state index in [1.165, 1.54) is 57.8 Å². The van der Waals surface area contributed by atoms with Crippen LogP contribution in [0.5, 0.6) is 0 Å². The second-order valence-corrected chi connectivity index (χ2v) is 6.84. The van der Waals surface area contributed by atoms with Gasteiger partial charge in [-0.05, 0) is 25.2 Å². The highest BCUT2D eigenvalue weighted by molar-refractivity contribution is 6.03. The molecule has 0 spiro atoms. The molecule has 1 heterocycles. The van der Waals surface area contributed by atoms with Crippen molar-refractivity contribution in [2.75, 3.05) is 0 Å². The van der Waals surface area contributed by atoms with Crippen molar-refractivity contribution in [1.29, 1.82) is 0 Å². The van der Waals surface area contributed by atoms with Gasteiger partial charge in [0.15, 0.2) is 0 Å². The third-order valence-electron chi connectivity index (χ3n) is 4.85. The van der Waals surface area contributed by atoms with E-state index >= 15 is 0 Å². The number of unbranched alkanes of at least 4 members (excludes halogenated alkanes) is 9. The quantitative estimate of drug-likeness (QED) is 0.289. The van der Waals surface area contributed by atoms with Crippen molar-refractivity contribution in [1.82, 2.24) is 5.32 Å². The van der Waals surface area contributed by atoms with Crippen molar-refractivity contribution < 1.29 is 9.59 Å². The van der Waals surface area contributed by atoms with Gasteiger partial charge in [0.25, 0.3) is 0 Å². The summed E-state index contributed by atoms with van der Waals surface area (Å²) in [5, 5.41) is 2.41. The number of rotatable bonds is 13. The maximum atomic E-state index is 11.7. The maximum Gasteiger partial charge on any atom is 0.230 e. The van der Waals surface area contributed by atoms with Gasteiger partial charge in [-0.15, -0.1) is 0 Å². The lowest BCUT2D eigenvalue weighted by molar-refractivity contribution is -0.126. The molecule has 1 fully saturated rings. The zero-order valence-electron chi connectivity index (χ0n) is 15.1. The van der Waals surface area contributed by atoms with Gasteiger partial charge in [-0.3, -0.25) is 14.9 Å². The van der Waals surface area contributed by atoms with E-state index < -0.39 is 0 Å². The Bertz CT molecular complexity index is 376. The molecule has 0 bridgehead atoms. The molecular formula is C20H35NO2. The Kier molecular flexibility index (Phi) is 10.7. The van der Waals surface area contributed by atoms with Crippen LogP contribution in [0.4, 0.5) is 0 Å². The highest BCUT2D eigenvalue weighted by Crippen LogP contribution is 2.25. The first-order chi connectivity index (χ1) is 11.2. The van der Waals surface area contributed by atoms with Gasteiger partial charge < -0.3 is 0 Å². The van der Waals surface area contributed by atoms with E-state index in [1.54, 1.807) is 0 Å². The summed E-state index contributed by atoms with van der Waals surface area (Å²) in [6.45, 7) is 4.34. The van der Waals surface area contributed by atoms with E-state index in [4.69, 9.17) is 0 Å². The average molecular weight is 322 g/mol. The maximum absolute atomic E-state index is 11.7. The molecule has 1 N–H and O–H groups in total. The number of hydrogen-bond donors (Lipinski definition) is 1. The first-order valence-corrected chi connectivity index (χ1v) is 9.69. The van der Waals surface area contributed by atoms with Crippen molar-refractivity contribution in [3.05, 3.63) is 12.2 Å². The van der Waals surface area contributed by atoms with Gasteiger partial charge in [0, 0.05) is 6.42 Å². The largest absolute Gasteiger partial charge is 0.296 e. The lowest BCUT2D eigenvalue weighted by atomic mass is 9.88. The average Bonchev–Trinajstić information content (AvgIpc) is 2.87. The summed E-state index contributed by atoms with van der Waals surface area (Å²) >= 11 is 0. The van der Waals surface area contributed by atoms with E-state index in [2.05, 4.69) is 31.3 Å². The van der Waals surface area contributed by atoms with Crippen molar-refractivity contribution in [2.45, 2.75) is 90.9 Å². The fourth-order valence-corrected chi connectivity index (χ4v) is 3.32. The van der Waals surface area contributed by atoms with Crippen molar-refractivity contribution >= 4 is 11.8 Å². The number of allylic oxidation sites excluding steroid dienone is 2. The molecule has 0 aromatic carbocycles. The van der Waals surface area contributed by atoms with E-state index in [1.807, 2.05) is 0 Å². The summed E-state index contributed by atoms with van der Waals surface area (Å²) in [6.07, 6.45) is 18.9. The van der Waals surface area contributed by atoms with Crippen molar-refractivity contribution in [3.8, 4) is 0 Å². The van der Waals surface area contributed by atoms with Crippen LogP contribution in [0.3, 0.4) is 0 Å². The van der Waals surface area contributed by atoms with Gasteiger partial charge >= 0.3 is 0 Å². The number of amides is 2. The van der Waals surface area contributed by atoms with Crippen LogP contribution in [0.1, 0.15) is 90.9 Å². The molecule has 0 saturated carbocycles. The molecule has 3 heteroatoms. The third-order valence-corrected chi connectivity index (χ3v) is 4.85. The van der Waals surface area contributed by atoms with E-state index in [-0.39, 0.29) is 23.7 Å². The summed E-state index contributed by atoms with van der Waals surface area (Å²) in [5.74, 6) is -0.146. The molecule has 132 valence electrons. The smallest absolute Gasteiger partial charge is 0.230 e. The first kappa shape index (κ1) is 19.9. The minimum Gasteiger partial charge on any atom is -0.296 e. The molecule has 0 radical (unpaired) electrons. The van der Waals surface area contributed by atoms with Crippen LogP contribution in [-0.2, 0) is 9.59 Å². The molecule has 3 nitrogen and oxygen atoms in total. The fourth-order valence-electron chi connectivity index (χ4n) is 3.32.